The van der Waals surface area contributed by atoms with E-state index in [0.717, 1.165) is 31.6 Å². The zero-order valence-corrected chi connectivity index (χ0v) is 13.1. The summed E-state index contributed by atoms with van der Waals surface area (Å²) in [5.41, 5.74) is 0.555. The predicted molar refractivity (Wildman–Crippen MR) is 83.8 cm³/mol. The van der Waals surface area contributed by atoms with Gasteiger partial charge in [-0.3, -0.25) is 4.98 Å². The van der Waals surface area contributed by atoms with E-state index < -0.39 is 5.60 Å². The van der Waals surface area contributed by atoms with E-state index in [-0.39, 0.29) is 6.09 Å². The number of aromatic nitrogens is 1. The van der Waals surface area contributed by atoms with Gasteiger partial charge in [0.15, 0.2) is 0 Å². The van der Waals surface area contributed by atoms with Gasteiger partial charge in [-0.25, -0.2) is 4.79 Å². The van der Waals surface area contributed by atoms with Gasteiger partial charge in [-0.15, -0.1) is 0 Å². The summed E-state index contributed by atoms with van der Waals surface area (Å²) in [5.74, 6) is 0.505. The fourth-order valence-corrected chi connectivity index (χ4v) is 2.31. The normalized spacial score (nSPS) is 17.2. The third-order valence-electron chi connectivity index (χ3n) is 3.42. The Morgan fingerprint density at radius 2 is 2.05 bits per heavy atom. The first-order valence-corrected chi connectivity index (χ1v) is 7.51. The Balaban J connectivity index is 1.81. The standard InChI is InChI=1S/C17H24N2O2/c1-17(2,3)21-16(20)19-12-9-14(10-13-19)7-8-15-6-4-5-11-18-15/h4-8,11,14H,9-10,12-13H2,1-3H3/b8-7+. The molecule has 1 amide bonds. The van der Waals surface area contributed by atoms with E-state index in [1.807, 2.05) is 39.0 Å². The molecule has 0 spiro atoms. The van der Waals surface area contributed by atoms with Crippen molar-refractivity contribution in [2.24, 2.45) is 5.92 Å². The molecule has 1 saturated heterocycles. The molecular weight excluding hydrogens is 264 g/mol. The van der Waals surface area contributed by atoms with Gasteiger partial charge in [-0.2, -0.15) is 0 Å². The van der Waals surface area contributed by atoms with Gasteiger partial charge in [0.25, 0.3) is 0 Å². The Labute approximate surface area is 126 Å². The van der Waals surface area contributed by atoms with Crippen LogP contribution in [-0.2, 0) is 4.74 Å². The van der Waals surface area contributed by atoms with Gasteiger partial charge in [-0.05, 0) is 57.7 Å². The summed E-state index contributed by atoms with van der Waals surface area (Å²) in [6, 6.07) is 5.89. The molecule has 114 valence electrons. The van der Waals surface area contributed by atoms with Crippen molar-refractivity contribution in [2.45, 2.75) is 39.2 Å². The van der Waals surface area contributed by atoms with Crippen molar-refractivity contribution in [1.29, 1.82) is 0 Å². The SMILES string of the molecule is CC(C)(C)OC(=O)N1CCC(/C=C/c2ccccn2)CC1. The summed E-state index contributed by atoms with van der Waals surface area (Å²) in [6.07, 6.45) is 7.81. The number of piperidine rings is 1. The summed E-state index contributed by atoms with van der Waals surface area (Å²) >= 11 is 0. The van der Waals surface area contributed by atoms with Crippen LogP contribution in [0.5, 0.6) is 0 Å². The zero-order valence-electron chi connectivity index (χ0n) is 13.1. The molecular formula is C17H24N2O2. The first-order valence-electron chi connectivity index (χ1n) is 7.51. The highest BCUT2D eigenvalue weighted by Crippen LogP contribution is 2.21. The van der Waals surface area contributed by atoms with Crippen LogP contribution < -0.4 is 0 Å². The van der Waals surface area contributed by atoms with Crippen LogP contribution in [0.25, 0.3) is 6.08 Å². The lowest BCUT2D eigenvalue weighted by molar-refractivity contribution is 0.0197. The van der Waals surface area contributed by atoms with Gasteiger partial charge < -0.3 is 9.64 Å². The number of carbonyl (C=O) groups excluding carboxylic acids is 1. The first-order chi connectivity index (χ1) is 9.94. The largest absolute Gasteiger partial charge is 0.444 e. The molecule has 0 saturated carbocycles. The number of hydrogen-bond donors (Lipinski definition) is 0. The molecule has 1 aliphatic heterocycles. The minimum atomic E-state index is -0.424. The van der Waals surface area contributed by atoms with Crippen LogP contribution in [-0.4, -0.2) is 34.7 Å². The van der Waals surface area contributed by atoms with Crippen LogP contribution in [0.15, 0.2) is 30.5 Å². The monoisotopic (exact) mass is 288 g/mol. The van der Waals surface area contributed by atoms with E-state index in [1.54, 1.807) is 11.1 Å². The smallest absolute Gasteiger partial charge is 0.410 e. The van der Waals surface area contributed by atoms with Gasteiger partial charge in [0.1, 0.15) is 5.60 Å². The number of amides is 1. The Bertz CT molecular complexity index is 483. The molecule has 1 aromatic heterocycles. The van der Waals surface area contributed by atoms with E-state index in [4.69, 9.17) is 4.74 Å². The summed E-state index contributed by atoms with van der Waals surface area (Å²) in [6.45, 7) is 7.20. The molecule has 0 atom stereocenters. The second kappa shape index (κ2) is 6.74. The summed E-state index contributed by atoms with van der Waals surface area (Å²) in [4.78, 5) is 18.1. The molecule has 4 heteroatoms. The second-order valence-electron chi connectivity index (χ2n) is 6.42. The molecule has 21 heavy (non-hydrogen) atoms. The third kappa shape index (κ3) is 5.21. The van der Waals surface area contributed by atoms with Crippen molar-refractivity contribution in [1.82, 2.24) is 9.88 Å². The maximum atomic E-state index is 12.0. The molecule has 1 fully saturated rings. The van der Waals surface area contributed by atoms with E-state index in [1.165, 1.54) is 0 Å². The molecule has 2 rings (SSSR count). The fourth-order valence-electron chi connectivity index (χ4n) is 2.31. The lowest BCUT2D eigenvalue weighted by Crippen LogP contribution is -2.41. The minimum Gasteiger partial charge on any atom is -0.444 e. The van der Waals surface area contributed by atoms with E-state index in [9.17, 15) is 4.79 Å². The van der Waals surface area contributed by atoms with E-state index in [2.05, 4.69) is 17.1 Å². The Morgan fingerprint density at radius 1 is 1.33 bits per heavy atom. The maximum absolute atomic E-state index is 12.0. The topological polar surface area (TPSA) is 42.4 Å². The summed E-state index contributed by atoms with van der Waals surface area (Å²) < 4.78 is 5.40. The number of nitrogens with zero attached hydrogens (tertiary/aromatic N) is 2. The molecule has 1 aliphatic rings. The van der Waals surface area contributed by atoms with E-state index >= 15 is 0 Å². The molecule has 0 bridgehead atoms. The Hall–Kier alpha value is -1.84. The van der Waals surface area contributed by atoms with Crippen molar-refractivity contribution in [2.75, 3.05) is 13.1 Å². The average molecular weight is 288 g/mol. The highest BCUT2D eigenvalue weighted by molar-refractivity contribution is 5.68. The number of likely N-dealkylation sites (tertiary alicyclic amines) is 1. The van der Waals surface area contributed by atoms with Gasteiger partial charge in [0.05, 0.1) is 5.69 Å². The fraction of sp³-hybridized carbons (Fsp3) is 0.529. The lowest BCUT2D eigenvalue weighted by atomic mass is 9.96. The predicted octanol–water partition coefficient (Wildman–Crippen LogP) is 3.74. The van der Waals surface area contributed by atoms with Crippen LogP contribution in [0.3, 0.4) is 0 Å². The number of allylic oxidation sites excluding steroid dienone is 1. The van der Waals surface area contributed by atoms with Crippen LogP contribution in [0.4, 0.5) is 4.79 Å². The van der Waals surface area contributed by atoms with Crippen molar-refractivity contribution >= 4 is 12.2 Å². The number of hydrogen-bond acceptors (Lipinski definition) is 3. The first kappa shape index (κ1) is 15.5. The second-order valence-corrected chi connectivity index (χ2v) is 6.42. The van der Waals surface area contributed by atoms with Crippen molar-refractivity contribution in [3.8, 4) is 0 Å². The highest BCUT2D eigenvalue weighted by atomic mass is 16.6. The lowest BCUT2D eigenvalue weighted by Gasteiger charge is -2.32. The molecule has 0 aliphatic carbocycles. The molecule has 0 N–H and O–H groups in total. The minimum absolute atomic E-state index is 0.199. The number of ether oxygens (including phenoxy) is 1. The molecule has 0 unspecified atom stereocenters. The summed E-state index contributed by atoms with van der Waals surface area (Å²) in [5, 5.41) is 0. The molecule has 0 radical (unpaired) electrons. The molecule has 1 aromatic rings. The van der Waals surface area contributed by atoms with E-state index in [0.29, 0.717) is 5.92 Å². The van der Waals surface area contributed by atoms with Gasteiger partial charge in [-0.1, -0.05) is 12.1 Å². The van der Waals surface area contributed by atoms with Crippen LogP contribution in [0.2, 0.25) is 0 Å². The average Bonchev–Trinajstić information content (AvgIpc) is 2.45. The maximum Gasteiger partial charge on any atom is 0.410 e. The van der Waals surface area contributed by atoms with Crippen LogP contribution in [0.1, 0.15) is 39.3 Å². The number of rotatable bonds is 2. The van der Waals surface area contributed by atoms with Gasteiger partial charge in [0, 0.05) is 19.3 Å². The van der Waals surface area contributed by atoms with Crippen molar-refractivity contribution < 1.29 is 9.53 Å². The number of pyridine rings is 1. The van der Waals surface area contributed by atoms with Crippen molar-refractivity contribution in [3.63, 3.8) is 0 Å². The van der Waals surface area contributed by atoms with Crippen molar-refractivity contribution in [3.05, 3.63) is 36.2 Å². The Morgan fingerprint density at radius 3 is 2.62 bits per heavy atom. The highest BCUT2D eigenvalue weighted by Gasteiger charge is 2.25. The quantitative estimate of drug-likeness (QED) is 0.832. The molecule has 2 heterocycles. The molecule has 4 nitrogen and oxygen atoms in total. The van der Waals surface area contributed by atoms with Gasteiger partial charge >= 0.3 is 6.09 Å². The summed E-state index contributed by atoms with van der Waals surface area (Å²) in [7, 11) is 0. The Kier molecular flexibility index (Phi) is 4.99. The molecule has 0 aromatic carbocycles. The zero-order chi connectivity index (χ0) is 15.3. The van der Waals surface area contributed by atoms with Gasteiger partial charge in [0.2, 0.25) is 0 Å². The van der Waals surface area contributed by atoms with Crippen LogP contribution >= 0.6 is 0 Å². The third-order valence-corrected chi connectivity index (χ3v) is 3.42. The van der Waals surface area contributed by atoms with Crippen LogP contribution in [0, 0.1) is 5.92 Å². The number of carbonyl (C=O) groups is 1.